The highest BCUT2D eigenvalue weighted by atomic mass is 127. The Hall–Kier alpha value is -1.94. The number of methoxy groups -OCH3 is 1. The number of nitrogens with one attached hydrogen (secondary N) is 1. The number of anilines is 2. The molecular formula is C16H12FIN2O3S. The van der Waals surface area contributed by atoms with Gasteiger partial charge in [-0.25, -0.2) is 9.18 Å². The predicted octanol–water partition coefficient (Wildman–Crippen LogP) is 3.87. The maximum atomic E-state index is 14.2. The van der Waals surface area contributed by atoms with E-state index < -0.39 is 11.8 Å². The number of fused-ring (bicyclic) bond motifs is 1. The van der Waals surface area contributed by atoms with Crippen LogP contribution in [0.3, 0.4) is 0 Å². The number of nitrogens with zero attached hydrogens (tertiary/aromatic N) is 1. The molecule has 2 aromatic heterocycles. The first-order valence-electron chi connectivity index (χ1n) is 6.84. The van der Waals surface area contributed by atoms with Gasteiger partial charge in [-0.3, -0.25) is 9.36 Å². The Bertz CT molecular complexity index is 1010. The van der Waals surface area contributed by atoms with Gasteiger partial charge in [0.05, 0.1) is 22.9 Å². The molecule has 5 nitrogen and oxygen atoms in total. The number of carbonyl (C=O) groups is 1. The summed E-state index contributed by atoms with van der Waals surface area (Å²) in [7, 11) is 2.79. The Labute approximate surface area is 154 Å². The second kappa shape index (κ2) is 6.52. The molecule has 0 aliphatic carbocycles. The van der Waals surface area contributed by atoms with Crippen LogP contribution >= 0.6 is 33.9 Å². The van der Waals surface area contributed by atoms with Gasteiger partial charge >= 0.3 is 5.97 Å². The number of benzene rings is 1. The van der Waals surface area contributed by atoms with Gasteiger partial charge in [-0.2, -0.15) is 0 Å². The number of esters is 1. The first-order valence-corrected chi connectivity index (χ1v) is 8.80. The topological polar surface area (TPSA) is 60.3 Å². The summed E-state index contributed by atoms with van der Waals surface area (Å²) in [4.78, 5) is 24.8. The van der Waals surface area contributed by atoms with E-state index in [1.54, 1.807) is 23.6 Å². The van der Waals surface area contributed by atoms with Crippen molar-refractivity contribution in [3.63, 3.8) is 0 Å². The van der Waals surface area contributed by atoms with Crippen LogP contribution in [0, 0.1) is 9.39 Å². The molecule has 2 heterocycles. The van der Waals surface area contributed by atoms with Crippen LogP contribution in [-0.4, -0.2) is 17.6 Å². The molecule has 0 unspecified atom stereocenters. The Kier molecular flexibility index (Phi) is 4.59. The maximum Gasteiger partial charge on any atom is 0.343 e. The van der Waals surface area contributed by atoms with Gasteiger partial charge in [-0.15, -0.1) is 11.3 Å². The van der Waals surface area contributed by atoms with E-state index in [1.165, 1.54) is 36.1 Å². The number of aromatic nitrogens is 1. The zero-order chi connectivity index (χ0) is 17.4. The highest BCUT2D eigenvalue weighted by Gasteiger charge is 2.23. The van der Waals surface area contributed by atoms with Crippen LogP contribution in [-0.2, 0) is 11.8 Å². The van der Waals surface area contributed by atoms with Crippen LogP contribution in [0.15, 0.2) is 34.4 Å². The summed E-state index contributed by atoms with van der Waals surface area (Å²) in [5, 5.41) is 5.02. The van der Waals surface area contributed by atoms with Crippen molar-refractivity contribution in [1.82, 2.24) is 4.57 Å². The number of rotatable bonds is 3. The molecule has 8 heteroatoms. The monoisotopic (exact) mass is 458 g/mol. The molecule has 1 N–H and O–H groups in total. The molecule has 0 aliphatic heterocycles. The van der Waals surface area contributed by atoms with Gasteiger partial charge in [0.25, 0.3) is 5.56 Å². The fourth-order valence-corrected chi connectivity index (χ4v) is 3.76. The van der Waals surface area contributed by atoms with E-state index in [0.717, 1.165) is 3.57 Å². The molecule has 1 aromatic carbocycles. The van der Waals surface area contributed by atoms with Crippen molar-refractivity contribution in [1.29, 1.82) is 0 Å². The highest BCUT2D eigenvalue weighted by Crippen LogP contribution is 2.31. The van der Waals surface area contributed by atoms with Crippen LogP contribution in [0.1, 0.15) is 10.4 Å². The Balaban J connectivity index is 2.27. The van der Waals surface area contributed by atoms with Crippen molar-refractivity contribution < 1.29 is 13.9 Å². The Morgan fingerprint density at radius 1 is 1.38 bits per heavy atom. The van der Waals surface area contributed by atoms with Crippen LogP contribution in [0.5, 0.6) is 0 Å². The molecule has 0 atom stereocenters. The van der Waals surface area contributed by atoms with Crippen LogP contribution in [0.2, 0.25) is 0 Å². The van der Waals surface area contributed by atoms with Gasteiger partial charge in [-0.1, -0.05) is 0 Å². The van der Waals surface area contributed by atoms with Crippen molar-refractivity contribution in [3.05, 3.63) is 55.0 Å². The minimum atomic E-state index is -0.591. The minimum Gasteiger partial charge on any atom is -0.465 e. The molecular weight excluding hydrogens is 446 g/mol. The zero-order valence-electron chi connectivity index (χ0n) is 12.7. The van der Waals surface area contributed by atoms with Crippen LogP contribution in [0.4, 0.5) is 15.9 Å². The van der Waals surface area contributed by atoms with E-state index in [9.17, 15) is 14.0 Å². The second-order valence-electron chi connectivity index (χ2n) is 4.99. The van der Waals surface area contributed by atoms with Crippen molar-refractivity contribution in [3.8, 4) is 0 Å². The van der Waals surface area contributed by atoms with Crippen molar-refractivity contribution >= 4 is 61.5 Å². The third-order valence-electron chi connectivity index (χ3n) is 3.57. The summed E-state index contributed by atoms with van der Waals surface area (Å²) in [6, 6.07) is 6.30. The molecule has 0 fully saturated rings. The fraction of sp³-hybridized carbons (Fsp3) is 0.125. The average molecular weight is 458 g/mol. The summed E-state index contributed by atoms with van der Waals surface area (Å²) in [6.45, 7) is 0. The third kappa shape index (κ3) is 2.80. The average Bonchev–Trinajstić information content (AvgIpc) is 3.03. The predicted molar refractivity (Wildman–Crippen MR) is 101 cm³/mol. The SMILES string of the molecule is COC(=O)c1c(Nc2ccc(I)cc2F)n(C)c(=O)c2ccsc12. The summed E-state index contributed by atoms with van der Waals surface area (Å²) in [5.74, 6) is -0.871. The van der Waals surface area contributed by atoms with Gasteiger partial charge in [0.15, 0.2) is 0 Å². The lowest BCUT2D eigenvalue weighted by Gasteiger charge is -2.16. The number of hydrogen-bond acceptors (Lipinski definition) is 5. The fourth-order valence-electron chi connectivity index (χ4n) is 2.38. The quantitative estimate of drug-likeness (QED) is 0.478. The summed E-state index contributed by atoms with van der Waals surface area (Å²) in [6.07, 6.45) is 0. The highest BCUT2D eigenvalue weighted by molar-refractivity contribution is 14.1. The van der Waals surface area contributed by atoms with E-state index in [2.05, 4.69) is 5.32 Å². The van der Waals surface area contributed by atoms with E-state index in [-0.39, 0.29) is 22.6 Å². The first kappa shape index (κ1) is 16.9. The van der Waals surface area contributed by atoms with Gasteiger partial charge in [0.1, 0.15) is 17.2 Å². The lowest BCUT2D eigenvalue weighted by Crippen LogP contribution is -2.23. The molecule has 0 amide bonds. The number of thiophene rings is 1. The standard InChI is InChI=1S/C16H12FIN2O3S/c1-20-14(19-11-4-3-8(18)7-10(11)17)12(16(22)23-2)13-9(15(20)21)5-6-24-13/h3-7,19H,1-2H3. The lowest BCUT2D eigenvalue weighted by atomic mass is 10.2. The number of halogens is 2. The summed E-state index contributed by atoms with van der Waals surface area (Å²) >= 11 is 3.27. The number of pyridine rings is 1. The van der Waals surface area contributed by atoms with E-state index in [4.69, 9.17) is 4.74 Å². The summed E-state index contributed by atoms with van der Waals surface area (Å²) < 4.78 is 21.6. The molecule has 124 valence electrons. The molecule has 0 saturated heterocycles. The van der Waals surface area contributed by atoms with Crippen LogP contribution in [0.25, 0.3) is 10.1 Å². The van der Waals surface area contributed by atoms with Gasteiger partial charge in [-0.05, 0) is 52.2 Å². The van der Waals surface area contributed by atoms with E-state index in [0.29, 0.717) is 10.1 Å². The van der Waals surface area contributed by atoms with Gasteiger partial charge in [0, 0.05) is 10.6 Å². The van der Waals surface area contributed by atoms with Crippen molar-refractivity contribution in [2.75, 3.05) is 12.4 Å². The molecule has 3 rings (SSSR count). The van der Waals surface area contributed by atoms with Gasteiger partial charge < -0.3 is 10.1 Å². The molecule has 3 aromatic rings. The third-order valence-corrected chi connectivity index (χ3v) is 5.18. The number of ether oxygens (including phenoxy) is 1. The molecule has 24 heavy (non-hydrogen) atoms. The first-order chi connectivity index (χ1) is 11.4. The molecule has 0 spiro atoms. The Morgan fingerprint density at radius 2 is 2.12 bits per heavy atom. The maximum absolute atomic E-state index is 14.2. The van der Waals surface area contributed by atoms with Crippen molar-refractivity contribution in [2.24, 2.45) is 7.05 Å². The van der Waals surface area contributed by atoms with Gasteiger partial charge in [0.2, 0.25) is 0 Å². The smallest absolute Gasteiger partial charge is 0.343 e. The minimum absolute atomic E-state index is 0.173. The molecule has 0 saturated carbocycles. The number of hydrogen-bond donors (Lipinski definition) is 1. The molecule has 0 radical (unpaired) electrons. The zero-order valence-corrected chi connectivity index (χ0v) is 15.7. The lowest BCUT2D eigenvalue weighted by molar-refractivity contribution is 0.0603. The van der Waals surface area contributed by atoms with E-state index in [1.807, 2.05) is 22.6 Å². The molecule has 0 aliphatic rings. The largest absolute Gasteiger partial charge is 0.465 e. The van der Waals surface area contributed by atoms with Crippen LogP contribution < -0.4 is 10.9 Å². The number of carbonyl (C=O) groups excluding carboxylic acids is 1. The summed E-state index contributed by atoms with van der Waals surface area (Å²) in [5.41, 5.74) is 0.112. The second-order valence-corrected chi connectivity index (χ2v) is 7.15. The van der Waals surface area contributed by atoms with E-state index >= 15 is 0 Å². The molecule has 0 bridgehead atoms. The Morgan fingerprint density at radius 3 is 2.79 bits per heavy atom. The van der Waals surface area contributed by atoms with Crippen molar-refractivity contribution in [2.45, 2.75) is 0 Å². The normalized spacial score (nSPS) is 10.8.